The number of aliphatic carboxylic acids is 2. The van der Waals surface area contributed by atoms with Gasteiger partial charge in [0.1, 0.15) is 0 Å². The highest BCUT2D eigenvalue weighted by Gasteiger charge is 1.97. The first kappa shape index (κ1) is 27.1. The third kappa shape index (κ3) is 26.1. The number of hydrogen-bond donors (Lipinski definition) is 2. The SMILES string of the molecule is O=C(O)CCCCCCCCC#CC#CCCCCCCCCCCCC(=O)O. The van der Waals surface area contributed by atoms with E-state index >= 15 is 0 Å². The Labute approximate surface area is 177 Å². The second kappa shape index (κ2) is 22.4. The van der Waals surface area contributed by atoms with Crippen LogP contribution in [0.2, 0.25) is 0 Å². The molecule has 0 rings (SSSR count). The van der Waals surface area contributed by atoms with Crippen LogP contribution in [-0.2, 0) is 9.59 Å². The van der Waals surface area contributed by atoms with Crippen molar-refractivity contribution >= 4 is 11.9 Å². The van der Waals surface area contributed by atoms with Crippen LogP contribution in [0.3, 0.4) is 0 Å². The molecule has 0 spiro atoms. The Morgan fingerprint density at radius 1 is 0.448 bits per heavy atom. The summed E-state index contributed by atoms with van der Waals surface area (Å²) in [4.78, 5) is 20.8. The smallest absolute Gasteiger partial charge is 0.303 e. The van der Waals surface area contributed by atoms with E-state index in [0.717, 1.165) is 77.0 Å². The van der Waals surface area contributed by atoms with Crippen molar-refractivity contribution in [2.24, 2.45) is 0 Å². The van der Waals surface area contributed by atoms with E-state index in [9.17, 15) is 9.59 Å². The molecule has 0 aliphatic rings. The first-order chi connectivity index (χ1) is 14.1. The molecule has 4 heteroatoms. The zero-order valence-electron chi connectivity index (χ0n) is 18.1. The predicted molar refractivity (Wildman–Crippen MR) is 119 cm³/mol. The Bertz CT molecular complexity index is 530. The summed E-state index contributed by atoms with van der Waals surface area (Å²) in [5, 5.41) is 17.1. The minimum atomic E-state index is -0.695. The van der Waals surface area contributed by atoms with Crippen LogP contribution >= 0.6 is 0 Å². The van der Waals surface area contributed by atoms with Crippen molar-refractivity contribution in [1.29, 1.82) is 0 Å². The maximum atomic E-state index is 10.4. The lowest BCUT2D eigenvalue weighted by Gasteiger charge is -2.01. The van der Waals surface area contributed by atoms with Gasteiger partial charge in [-0.05, 0) is 37.5 Å². The van der Waals surface area contributed by atoms with Gasteiger partial charge in [-0.15, -0.1) is 0 Å². The zero-order valence-corrected chi connectivity index (χ0v) is 18.1. The molecule has 0 heterocycles. The maximum Gasteiger partial charge on any atom is 0.303 e. The fourth-order valence-corrected chi connectivity index (χ4v) is 3.14. The van der Waals surface area contributed by atoms with Crippen LogP contribution in [0.1, 0.15) is 122 Å². The molecule has 0 aromatic heterocycles. The molecule has 0 saturated heterocycles. The molecular weight excluding hydrogens is 364 g/mol. The lowest BCUT2D eigenvalue weighted by atomic mass is 10.1. The third-order valence-electron chi connectivity index (χ3n) is 4.87. The molecule has 0 aliphatic carbocycles. The van der Waals surface area contributed by atoms with E-state index in [0.29, 0.717) is 12.8 Å². The number of rotatable bonds is 19. The van der Waals surface area contributed by atoms with Gasteiger partial charge in [0.2, 0.25) is 0 Å². The van der Waals surface area contributed by atoms with Crippen molar-refractivity contribution in [1.82, 2.24) is 0 Å². The average Bonchev–Trinajstić information content (AvgIpc) is 2.68. The molecule has 0 fully saturated rings. The van der Waals surface area contributed by atoms with Gasteiger partial charge in [0, 0.05) is 25.7 Å². The van der Waals surface area contributed by atoms with E-state index < -0.39 is 11.9 Å². The van der Waals surface area contributed by atoms with Crippen LogP contribution in [0.5, 0.6) is 0 Å². The number of carboxylic acids is 2. The number of carboxylic acid groups (broad SMARTS) is 2. The summed E-state index contributed by atoms with van der Waals surface area (Å²) in [5.41, 5.74) is 0. The highest BCUT2D eigenvalue weighted by atomic mass is 16.4. The van der Waals surface area contributed by atoms with E-state index in [1.165, 1.54) is 32.1 Å². The molecular formula is C25H40O4. The molecule has 0 saturated carbocycles. The van der Waals surface area contributed by atoms with Gasteiger partial charge in [0.15, 0.2) is 0 Å². The zero-order chi connectivity index (χ0) is 21.4. The van der Waals surface area contributed by atoms with Crippen molar-refractivity contribution in [3.8, 4) is 23.7 Å². The molecule has 0 unspecified atom stereocenters. The van der Waals surface area contributed by atoms with Crippen LogP contribution in [0.15, 0.2) is 0 Å². The summed E-state index contributed by atoms with van der Waals surface area (Å²) in [7, 11) is 0. The molecule has 0 aromatic carbocycles. The predicted octanol–water partition coefficient (Wildman–Crippen LogP) is 6.57. The summed E-state index contributed by atoms with van der Waals surface area (Å²) >= 11 is 0. The molecule has 0 amide bonds. The van der Waals surface area contributed by atoms with E-state index in [1.807, 2.05) is 0 Å². The molecule has 0 atom stereocenters. The van der Waals surface area contributed by atoms with Crippen LogP contribution in [0, 0.1) is 23.7 Å². The van der Waals surface area contributed by atoms with Gasteiger partial charge in [0.05, 0.1) is 0 Å². The first-order valence-electron chi connectivity index (χ1n) is 11.5. The van der Waals surface area contributed by atoms with Gasteiger partial charge >= 0.3 is 11.9 Å². The van der Waals surface area contributed by atoms with Gasteiger partial charge in [0.25, 0.3) is 0 Å². The summed E-state index contributed by atoms with van der Waals surface area (Å²) in [6.45, 7) is 0. The molecule has 0 bridgehead atoms. The van der Waals surface area contributed by atoms with E-state index in [2.05, 4.69) is 23.7 Å². The van der Waals surface area contributed by atoms with Crippen molar-refractivity contribution in [3.05, 3.63) is 0 Å². The summed E-state index contributed by atoms with van der Waals surface area (Å²) in [5.74, 6) is 10.8. The number of unbranched alkanes of at least 4 members (excludes halogenated alkanes) is 15. The van der Waals surface area contributed by atoms with Gasteiger partial charge in [-0.3, -0.25) is 9.59 Å². The number of carbonyl (C=O) groups is 2. The van der Waals surface area contributed by atoms with Gasteiger partial charge in [-0.1, -0.05) is 82.5 Å². The third-order valence-corrected chi connectivity index (χ3v) is 4.87. The van der Waals surface area contributed by atoms with E-state index in [1.54, 1.807) is 0 Å². The molecule has 29 heavy (non-hydrogen) atoms. The van der Waals surface area contributed by atoms with E-state index in [4.69, 9.17) is 10.2 Å². The largest absolute Gasteiger partial charge is 0.481 e. The topological polar surface area (TPSA) is 74.6 Å². The molecule has 164 valence electrons. The first-order valence-corrected chi connectivity index (χ1v) is 11.5. The number of hydrogen-bond acceptors (Lipinski definition) is 2. The summed E-state index contributed by atoms with van der Waals surface area (Å²) in [6.07, 6.45) is 19.2. The molecule has 0 radical (unpaired) electrons. The molecule has 2 N–H and O–H groups in total. The van der Waals surface area contributed by atoms with Crippen LogP contribution in [0.4, 0.5) is 0 Å². The lowest BCUT2D eigenvalue weighted by molar-refractivity contribution is -0.138. The minimum absolute atomic E-state index is 0.293. The van der Waals surface area contributed by atoms with E-state index in [-0.39, 0.29) is 0 Å². The average molecular weight is 405 g/mol. The summed E-state index contributed by atoms with van der Waals surface area (Å²) < 4.78 is 0. The Morgan fingerprint density at radius 3 is 1.03 bits per heavy atom. The molecule has 4 nitrogen and oxygen atoms in total. The van der Waals surface area contributed by atoms with Crippen LogP contribution in [0.25, 0.3) is 0 Å². The molecule has 0 aromatic rings. The molecule has 0 aliphatic heterocycles. The van der Waals surface area contributed by atoms with Crippen molar-refractivity contribution < 1.29 is 19.8 Å². The van der Waals surface area contributed by atoms with Crippen LogP contribution < -0.4 is 0 Å². The Kier molecular flexibility index (Phi) is 20.9. The highest BCUT2D eigenvalue weighted by Crippen LogP contribution is 2.11. The Hall–Kier alpha value is -1.94. The fraction of sp³-hybridized carbons (Fsp3) is 0.760. The van der Waals surface area contributed by atoms with Crippen molar-refractivity contribution in [2.45, 2.75) is 122 Å². The minimum Gasteiger partial charge on any atom is -0.481 e. The monoisotopic (exact) mass is 404 g/mol. The second-order valence-corrected chi connectivity index (χ2v) is 7.69. The van der Waals surface area contributed by atoms with Crippen molar-refractivity contribution in [2.75, 3.05) is 0 Å². The summed E-state index contributed by atoms with van der Waals surface area (Å²) in [6, 6.07) is 0. The Morgan fingerprint density at radius 2 is 0.724 bits per heavy atom. The lowest BCUT2D eigenvalue weighted by Crippen LogP contribution is -1.93. The Balaban J connectivity index is 3.26. The standard InChI is InChI=1S/C25H40O4/c26-24(27)22-20-18-16-14-12-10-8-6-4-2-1-3-5-7-9-11-13-15-17-19-21-23-25(28)29/h2,4,6,8-23H2,(H,26,27)(H,28,29). The van der Waals surface area contributed by atoms with Gasteiger partial charge in [-0.25, -0.2) is 0 Å². The van der Waals surface area contributed by atoms with Crippen molar-refractivity contribution in [3.63, 3.8) is 0 Å². The fourth-order valence-electron chi connectivity index (χ4n) is 3.14. The second-order valence-electron chi connectivity index (χ2n) is 7.69. The van der Waals surface area contributed by atoms with Gasteiger partial charge in [-0.2, -0.15) is 0 Å². The highest BCUT2D eigenvalue weighted by molar-refractivity contribution is 5.66. The quantitative estimate of drug-likeness (QED) is 0.188. The van der Waals surface area contributed by atoms with Gasteiger partial charge < -0.3 is 10.2 Å². The maximum absolute atomic E-state index is 10.4. The van der Waals surface area contributed by atoms with Crippen LogP contribution in [-0.4, -0.2) is 22.2 Å². The normalized spacial score (nSPS) is 9.93.